The lowest BCUT2D eigenvalue weighted by Crippen LogP contribution is -2.64. The molecule has 1 rings (SSSR count). The first-order valence-corrected chi connectivity index (χ1v) is 29.0. The third-order valence-corrected chi connectivity index (χ3v) is 14.7. The van der Waals surface area contributed by atoms with Gasteiger partial charge in [0.1, 0.15) is 36.6 Å². The van der Waals surface area contributed by atoms with Crippen molar-refractivity contribution in [2.75, 3.05) is 6.61 Å². The summed E-state index contributed by atoms with van der Waals surface area (Å²) in [6.45, 7) is 3.93. The standard InChI is InChI=1S/C52H104NO11P/c1-3-5-7-9-11-13-15-17-19-21-22-23-24-25-26-28-30-32-34-36-38-40-42-46(55)53-44(43-63-65(61,62)64-52-50(59)48(57)47(56)49(58)51(52)60)45(54)41-39-37-35-33-31-29-27-20-18-16-14-12-10-8-6-4-2/h44-45,47-52,54,56-60H,3-43H2,1-2H3,(H,53,55)(H,61,62)/t44-,45+,47?,48+,49?,50?,51?,52?/m0/s1. The molecular formula is C52H104NO11P. The predicted octanol–water partition coefficient (Wildman–Crippen LogP) is 11.8. The molecule has 388 valence electrons. The van der Waals surface area contributed by atoms with Gasteiger partial charge in [0.2, 0.25) is 5.91 Å². The van der Waals surface area contributed by atoms with Gasteiger partial charge in [0.15, 0.2) is 0 Å². The van der Waals surface area contributed by atoms with Gasteiger partial charge in [-0.15, -0.1) is 0 Å². The summed E-state index contributed by atoms with van der Waals surface area (Å²) in [4.78, 5) is 23.5. The normalized spacial score (nSPS) is 21.9. The van der Waals surface area contributed by atoms with Crippen molar-refractivity contribution in [3.05, 3.63) is 0 Å². The van der Waals surface area contributed by atoms with Gasteiger partial charge in [-0.05, 0) is 12.8 Å². The summed E-state index contributed by atoms with van der Waals surface area (Å²) in [6.07, 6.45) is 35.6. The first-order valence-electron chi connectivity index (χ1n) is 27.5. The zero-order valence-electron chi connectivity index (χ0n) is 41.8. The molecule has 0 heterocycles. The van der Waals surface area contributed by atoms with Crippen LogP contribution in [0.3, 0.4) is 0 Å². The van der Waals surface area contributed by atoms with Crippen molar-refractivity contribution in [1.29, 1.82) is 0 Å². The van der Waals surface area contributed by atoms with Crippen LogP contribution < -0.4 is 5.32 Å². The van der Waals surface area contributed by atoms with Crippen molar-refractivity contribution in [3.63, 3.8) is 0 Å². The molecule has 0 aromatic heterocycles. The van der Waals surface area contributed by atoms with E-state index in [4.69, 9.17) is 9.05 Å². The quantitative estimate of drug-likeness (QED) is 0.0213. The molecule has 9 atom stereocenters. The number of carbonyl (C=O) groups is 1. The molecule has 0 aromatic rings. The molecule has 6 unspecified atom stereocenters. The molecule has 0 bridgehead atoms. The highest BCUT2D eigenvalue weighted by Gasteiger charge is 2.51. The second-order valence-corrected chi connectivity index (χ2v) is 21.2. The van der Waals surface area contributed by atoms with Gasteiger partial charge in [-0.25, -0.2) is 4.57 Å². The van der Waals surface area contributed by atoms with Crippen LogP contribution >= 0.6 is 7.82 Å². The third-order valence-electron chi connectivity index (χ3n) is 13.7. The smallest absolute Gasteiger partial charge is 0.391 e. The van der Waals surface area contributed by atoms with E-state index >= 15 is 0 Å². The van der Waals surface area contributed by atoms with Crippen LogP contribution in [-0.2, 0) is 18.4 Å². The fraction of sp³-hybridized carbons (Fsp3) is 0.981. The molecule has 65 heavy (non-hydrogen) atoms. The fourth-order valence-corrected chi connectivity index (χ4v) is 10.2. The highest BCUT2D eigenvalue weighted by molar-refractivity contribution is 7.47. The van der Waals surface area contributed by atoms with Crippen molar-refractivity contribution >= 4 is 13.7 Å². The molecule has 13 heteroatoms. The molecule has 0 aromatic carbocycles. The summed E-state index contributed by atoms with van der Waals surface area (Å²) >= 11 is 0. The van der Waals surface area contributed by atoms with Gasteiger partial charge in [0, 0.05) is 6.42 Å². The van der Waals surface area contributed by atoms with Crippen molar-refractivity contribution in [2.45, 2.75) is 319 Å². The summed E-state index contributed by atoms with van der Waals surface area (Å²) in [5.74, 6) is -0.301. The summed E-state index contributed by atoms with van der Waals surface area (Å²) < 4.78 is 23.1. The molecule has 1 aliphatic carbocycles. The molecular weight excluding hydrogens is 846 g/mol. The lowest BCUT2D eigenvalue weighted by Gasteiger charge is -2.41. The second kappa shape index (κ2) is 42.2. The zero-order chi connectivity index (χ0) is 47.8. The molecule has 0 saturated heterocycles. The van der Waals surface area contributed by atoms with E-state index in [1.807, 2.05) is 0 Å². The van der Waals surface area contributed by atoms with Crippen molar-refractivity contribution in [2.24, 2.45) is 0 Å². The van der Waals surface area contributed by atoms with Gasteiger partial charge in [-0.2, -0.15) is 0 Å². The Morgan fingerprint density at radius 2 is 0.738 bits per heavy atom. The molecule has 1 saturated carbocycles. The lowest BCUT2D eigenvalue weighted by atomic mass is 9.85. The number of phosphoric ester groups is 1. The van der Waals surface area contributed by atoms with E-state index in [0.717, 1.165) is 38.5 Å². The maximum Gasteiger partial charge on any atom is 0.472 e. The zero-order valence-corrected chi connectivity index (χ0v) is 42.7. The van der Waals surface area contributed by atoms with E-state index in [1.54, 1.807) is 0 Å². The maximum absolute atomic E-state index is 13.0. The first kappa shape index (κ1) is 62.4. The number of hydrogen-bond acceptors (Lipinski definition) is 10. The van der Waals surface area contributed by atoms with Gasteiger partial charge >= 0.3 is 7.82 Å². The number of unbranched alkanes of at least 4 members (excludes halogenated alkanes) is 36. The number of nitrogens with one attached hydrogen (secondary N) is 1. The van der Waals surface area contributed by atoms with Crippen LogP contribution in [0.1, 0.15) is 271 Å². The molecule has 0 spiro atoms. The van der Waals surface area contributed by atoms with E-state index < -0.39 is 63.2 Å². The van der Waals surface area contributed by atoms with Gasteiger partial charge in [0.05, 0.1) is 18.8 Å². The van der Waals surface area contributed by atoms with Crippen molar-refractivity contribution in [1.82, 2.24) is 5.32 Å². The van der Waals surface area contributed by atoms with E-state index in [0.29, 0.717) is 19.3 Å². The minimum atomic E-state index is -5.06. The van der Waals surface area contributed by atoms with Crippen LogP contribution in [0, 0.1) is 0 Å². The van der Waals surface area contributed by atoms with Crippen LogP contribution in [0.4, 0.5) is 0 Å². The molecule has 12 nitrogen and oxygen atoms in total. The molecule has 1 aliphatic rings. The Morgan fingerprint density at radius 1 is 0.462 bits per heavy atom. The third kappa shape index (κ3) is 33.5. The van der Waals surface area contributed by atoms with Crippen LogP contribution in [0.5, 0.6) is 0 Å². The number of aliphatic hydroxyl groups is 6. The van der Waals surface area contributed by atoms with Gasteiger partial charge in [-0.1, -0.05) is 251 Å². The number of aliphatic hydroxyl groups excluding tert-OH is 6. The van der Waals surface area contributed by atoms with Gasteiger partial charge < -0.3 is 40.8 Å². The Labute approximate surface area is 397 Å². The second-order valence-electron chi connectivity index (χ2n) is 19.8. The Kier molecular flexibility index (Phi) is 40.5. The van der Waals surface area contributed by atoms with Crippen molar-refractivity contribution < 1.29 is 53.9 Å². The lowest BCUT2D eigenvalue weighted by molar-refractivity contribution is -0.220. The summed E-state index contributed by atoms with van der Waals surface area (Å²) in [5.41, 5.74) is 0. The average molecular weight is 950 g/mol. The maximum atomic E-state index is 13.0. The summed E-state index contributed by atoms with van der Waals surface area (Å²) in [7, 11) is -5.06. The highest BCUT2D eigenvalue weighted by atomic mass is 31.2. The Hall–Kier alpha value is -0.660. The van der Waals surface area contributed by atoms with Crippen LogP contribution in [0.15, 0.2) is 0 Å². The average Bonchev–Trinajstić information content (AvgIpc) is 3.29. The Morgan fingerprint density at radius 3 is 1.06 bits per heavy atom. The minimum absolute atomic E-state index is 0.243. The number of phosphoric acid groups is 1. The molecule has 1 amide bonds. The predicted molar refractivity (Wildman–Crippen MR) is 265 cm³/mol. The Bertz CT molecular complexity index is 1100. The Balaban J connectivity index is 2.34. The first-order chi connectivity index (χ1) is 31.4. The molecule has 0 radical (unpaired) electrons. The number of rotatable bonds is 47. The number of amides is 1. The summed E-state index contributed by atoms with van der Waals surface area (Å²) in [5, 5.41) is 64.4. The highest BCUT2D eigenvalue weighted by Crippen LogP contribution is 2.47. The van der Waals surface area contributed by atoms with E-state index in [-0.39, 0.29) is 12.3 Å². The van der Waals surface area contributed by atoms with Crippen LogP contribution in [0.25, 0.3) is 0 Å². The van der Waals surface area contributed by atoms with Crippen LogP contribution in [-0.4, -0.2) is 96.8 Å². The van der Waals surface area contributed by atoms with Gasteiger partial charge in [-0.3, -0.25) is 13.8 Å². The molecule has 8 N–H and O–H groups in total. The monoisotopic (exact) mass is 950 g/mol. The van der Waals surface area contributed by atoms with Crippen molar-refractivity contribution in [3.8, 4) is 0 Å². The topological polar surface area (TPSA) is 206 Å². The minimum Gasteiger partial charge on any atom is -0.391 e. The molecule has 0 aliphatic heterocycles. The molecule has 1 fully saturated rings. The van der Waals surface area contributed by atoms with E-state index in [9.17, 15) is 44.9 Å². The SMILES string of the molecule is CCCCCCCCCCCCCCCCCCCCCCCCC(=O)N[C@@H](COP(=O)(O)OC1C(O)C(O)C(O)[C@@H](O)C1O)[C@H](O)CCCCCCCCCCCCCCCCCC. The largest absolute Gasteiger partial charge is 0.472 e. The van der Waals surface area contributed by atoms with E-state index in [1.165, 1.54) is 193 Å². The summed E-state index contributed by atoms with van der Waals surface area (Å²) in [6, 6.07) is -1.03. The number of carbonyl (C=O) groups excluding carboxylic acids is 1. The van der Waals surface area contributed by atoms with E-state index in [2.05, 4.69) is 19.2 Å². The van der Waals surface area contributed by atoms with Gasteiger partial charge in [0.25, 0.3) is 0 Å². The number of hydrogen-bond donors (Lipinski definition) is 8. The van der Waals surface area contributed by atoms with Crippen LogP contribution in [0.2, 0.25) is 0 Å². The fourth-order valence-electron chi connectivity index (χ4n) is 9.21.